The summed E-state index contributed by atoms with van der Waals surface area (Å²) in [7, 11) is 0. The first-order chi connectivity index (χ1) is 7.00. The number of hydrogen-bond donors (Lipinski definition) is 1. The molecule has 1 heterocycles. The van der Waals surface area contributed by atoms with Crippen LogP contribution in [-0.4, -0.2) is 12.1 Å². The lowest BCUT2D eigenvalue weighted by atomic mass is 10.0. The molecule has 1 saturated heterocycles. The van der Waals surface area contributed by atoms with Crippen molar-refractivity contribution in [2.24, 2.45) is 0 Å². The Kier molecular flexibility index (Phi) is 2.37. The van der Waals surface area contributed by atoms with Crippen LogP contribution < -0.4 is 10.6 Å². The van der Waals surface area contributed by atoms with Crippen LogP contribution in [0.15, 0.2) is 18.2 Å². The first kappa shape index (κ1) is 10.3. The summed E-state index contributed by atoms with van der Waals surface area (Å²) in [5.41, 5.74) is 9.56. The van der Waals surface area contributed by atoms with Crippen molar-refractivity contribution in [3.05, 3.63) is 23.8 Å². The number of nitrogens with zero attached hydrogens (tertiary/aromatic N) is 1. The third-order valence-corrected chi connectivity index (χ3v) is 3.48. The quantitative estimate of drug-likeness (QED) is 0.713. The van der Waals surface area contributed by atoms with Gasteiger partial charge in [0.15, 0.2) is 0 Å². The van der Waals surface area contributed by atoms with Gasteiger partial charge in [-0.1, -0.05) is 6.07 Å². The number of nitrogen functional groups attached to an aromatic ring is 1. The molecule has 0 bridgehead atoms. The van der Waals surface area contributed by atoms with Gasteiger partial charge in [0.1, 0.15) is 0 Å². The van der Waals surface area contributed by atoms with Crippen LogP contribution in [0, 0.1) is 6.92 Å². The van der Waals surface area contributed by atoms with E-state index in [-0.39, 0.29) is 5.54 Å². The number of benzene rings is 1. The fourth-order valence-corrected chi connectivity index (χ4v) is 2.38. The van der Waals surface area contributed by atoms with Crippen LogP contribution in [0.1, 0.15) is 32.3 Å². The molecule has 0 aliphatic carbocycles. The van der Waals surface area contributed by atoms with Crippen LogP contribution in [-0.2, 0) is 0 Å². The van der Waals surface area contributed by atoms with Gasteiger partial charge in [-0.05, 0) is 51.3 Å². The highest BCUT2D eigenvalue weighted by Gasteiger charge is 2.31. The van der Waals surface area contributed by atoms with Crippen molar-refractivity contribution < 1.29 is 0 Å². The topological polar surface area (TPSA) is 29.3 Å². The van der Waals surface area contributed by atoms with Gasteiger partial charge in [0.05, 0.1) is 0 Å². The van der Waals surface area contributed by atoms with Crippen LogP contribution in [0.25, 0.3) is 0 Å². The Morgan fingerprint density at radius 2 is 2.07 bits per heavy atom. The van der Waals surface area contributed by atoms with Gasteiger partial charge in [-0.15, -0.1) is 0 Å². The largest absolute Gasteiger partial charge is 0.398 e. The molecule has 1 aliphatic heterocycles. The molecule has 1 aromatic carbocycles. The fourth-order valence-electron chi connectivity index (χ4n) is 2.38. The van der Waals surface area contributed by atoms with Crippen molar-refractivity contribution in [1.29, 1.82) is 0 Å². The lowest BCUT2D eigenvalue weighted by molar-refractivity contribution is 0.518. The van der Waals surface area contributed by atoms with Crippen LogP contribution in [0.4, 0.5) is 11.4 Å². The van der Waals surface area contributed by atoms with E-state index in [2.05, 4.69) is 36.9 Å². The normalized spacial score (nSPS) is 19.5. The van der Waals surface area contributed by atoms with Crippen LogP contribution in [0.2, 0.25) is 0 Å². The minimum absolute atomic E-state index is 0.279. The maximum atomic E-state index is 5.95. The second kappa shape index (κ2) is 3.44. The molecule has 2 N–H and O–H groups in total. The van der Waals surface area contributed by atoms with Gasteiger partial charge in [-0.2, -0.15) is 0 Å². The Morgan fingerprint density at radius 3 is 2.60 bits per heavy atom. The minimum Gasteiger partial charge on any atom is -0.398 e. The van der Waals surface area contributed by atoms with Crippen molar-refractivity contribution in [3.63, 3.8) is 0 Å². The van der Waals surface area contributed by atoms with Crippen molar-refractivity contribution >= 4 is 11.4 Å². The molecule has 0 spiro atoms. The maximum Gasteiger partial charge on any atom is 0.0391 e. The summed E-state index contributed by atoms with van der Waals surface area (Å²) in [5.74, 6) is 0. The maximum absolute atomic E-state index is 5.95. The molecule has 0 atom stereocenters. The molecule has 2 heteroatoms. The second-order valence-corrected chi connectivity index (χ2v) is 5.11. The van der Waals surface area contributed by atoms with E-state index in [4.69, 9.17) is 5.73 Å². The van der Waals surface area contributed by atoms with Gasteiger partial charge in [0, 0.05) is 23.5 Å². The average Bonchev–Trinajstić information content (AvgIpc) is 2.50. The molecule has 2 rings (SSSR count). The van der Waals surface area contributed by atoms with Crippen LogP contribution in [0.5, 0.6) is 0 Å². The van der Waals surface area contributed by atoms with Crippen LogP contribution >= 0.6 is 0 Å². The Morgan fingerprint density at radius 1 is 1.33 bits per heavy atom. The number of anilines is 2. The van der Waals surface area contributed by atoms with Gasteiger partial charge in [0.2, 0.25) is 0 Å². The summed E-state index contributed by atoms with van der Waals surface area (Å²) < 4.78 is 0. The number of nitrogens with two attached hydrogens (primary N) is 1. The summed E-state index contributed by atoms with van der Waals surface area (Å²) in [6, 6.07) is 6.39. The smallest absolute Gasteiger partial charge is 0.0391 e. The van der Waals surface area contributed by atoms with Crippen molar-refractivity contribution in [3.8, 4) is 0 Å². The van der Waals surface area contributed by atoms with E-state index in [1.54, 1.807) is 0 Å². The van der Waals surface area contributed by atoms with Gasteiger partial charge in [-0.25, -0.2) is 0 Å². The van der Waals surface area contributed by atoms with Gasteiger partial charge >= 0.3 is 0 Å². The van der Waals surface area contributed by atoms with Crippen molar-refractivity contribution in [1.82, 2.24) is 0 Å². The van der Waals surface area contributed by atoms with E-state index in [0.717, 1.165) is 17.8 Å². The molecule has 0 amide bonds. The molecule has 2 nitrogen and oxygen atoms in total. The molecule has 1 fully saturated rings. The van der Waals surface area contributed by atoms with E-state index in [0.29, 0.717) is 0 Å². The number of aryl methyl sites for hydroxylation is 1. The summed E-state index contributed by atoms with van der Waals surface area (Å²) in [4.78, 5) is 2.46. The molecule has 1 aliphatic rings. The first-order valence-electron chi connectivity index (χ1n) is 5.64. The van der Waals surface area contributed by atoms with Crippen molar-refractivity contribution in [2.75, 3.05) is 17.2 Å². The Bertz CT molecular complexity index is 369. The van der Waals surface area contributed by atoms with E-state index >= 15 is 0 Å². The predicted octanol–water partition coefficient (Wildman–Crippen LogP) is 2.96. The number of hydrogen-bond acceptors (Lipinski definition) is 2. The molecule has 15 heavy (non-hydrogen) atoms. The summed E-state index contributed by atoms with van der Waals surface area (Å²) in [6.07, 6.45) is 2.54. The lowest BCUT2D eigenvalue weighted by Crippen LogP contribution is -2.38. The molecular formula is C13H20N2. The first-order valence-corrected chi connectivity index (χ1v) is 5.64. The second-order valence-electron chi connectivity index (χ2n) is 5.11. The zero-order valence-corrected chi connectivity index (χ0v) is 9.88. The van der Waals surface area contributed by atoms with Gasteiger partial charge < -0.3 is 10.6 Å². The molecular weight excluding hydrogens is 184 g/mol. The minimum atomic E-state index is 0.279. The molecule has 1 aromatic rings. The van der Waals surface area contributed by atoms with Gasteiger partial charge in [0.25, 0.3) is 0 Å². The Labute approximate surface area is 92.1 Å². The number of rotatable bonds is 1. The highest BCUT2D eigenvalue weighted by Crippen LogP contribution is 2.34. The molecule has 0 unspecified atom stereocenters. The van der Waals surface area contributed by atoms with E-state index < -0.39 is 0 Å². The average molecular weight is 204 g/mol. The summed E-state index contributed by atoms with van der Waals surface area (Å²) >= 11 is 0. The van der Waals surface area contributed by atoms with E-state index in [1.165, 1.54) is 18.5 Å². The highest BCUT2D eigenvalue weighted by molar-refractivity contribution is 5.61. The predicted molar refractivity (Wildman–Crippen MR) is 66.3 cm³/mol. The van der Waals surface area contributed by atoms with Gasteiger partial charge in [-0.3, -0.25) is 0 Å². The molecule has 0 saturated carbocycles. The SMILES string of the molecule is Cc1ccc(N2CCCC2(C)C)cc1N. The third-order valence-electron chi connectivity index (χ3n) is 3.48. The fraction of sp³-hybridized carbons (Fsp3) is 0.538. The molecule has 0 radical (unpaired) electrons. The summed E-state index contributed by atoms with van der Waals surface area (Å²) in [5, 5.41) is 0. The zero-order chi connectivity index (χ0) is 11.1. The highest BCUT2D eigenvalue weighted by atomic mass is 15.2. The monoisotopic (exact) mass is 204 g/mol. The Balaban J connectivity index is 2.33. The molecule has 0 aromatic heterocycles. The zero-order valence-electron chi connectivity index (χ0n) is 9.88. The van der Waals surface area contributed by atoms with E-state index in [1.807, 2.05) is 6.92 Å². The van der Waals surface area contributed by atoms with Crippen LogP contribution in [0.3, 0.4) is 0 Å². The molecule has 82 valence electrons. The van der Waals surface area contributed by atoms with Crippen molar-refractivity contribution in [2.45, 2.75) is 39.2 Å². The third kappa shape index (κ3) is 1.81. The van der Waals surface area contributed by atoms with E-state index in [9.17, 15) is 0 Å². The standard InChI is InChI=1S/C13H20N2/c1-10-5-6-11(9-12(10)14)15-8-4-7-13(15,2)3/h5-6,9H,4,7-8,14H2,1-3H3. The lowest BCUT2D eigenvalue weighted by Gasteiger charge is -2.34. The Hall–Kier alpha value is -1.18. The summed E-state index contributed by atoms with van der Waals surface area (Å²) in [6.45, 7) is 7.80.